The van der Waals surface area contributed by atoms with Crippen molar-refractivity contribution in [2.24, 2.45) is 0 Å². The minimum absolute atomic E-state index is 0.483. The van der Waals surface area contributed by atoms with Crippen LogP contribution in [0.5, 0.6) is 0 Å². The molecule has 0 aromatic carbocycles. The molecule has 0 saturated carbocycles. The Labute approximate surface area is 76.2 Å². The van der Waals surface area contributed by atoms with Crippen LogP contribution in [0.15, 0.2) is 18.5 Å². The average molecular weight is 173 g/mol. The molecule has 13 heavy (non-hydrogen) atoms. The first kappa shape index (κ1) is 7.24. The average Bonchev–Trinajstić information content (AvgIpc) is 2.65. The van der Waals surface area contributed by atoms with Crippen LogP contribution in [0.3, 0.4) is 0 Å². The van der Waals surface area contributed by atoms with Crippen molar-refractivity contribution < 1.29 is 0 Å². The number of fused-ring (bicyclic) bond motifs is 2. The summed E-state index contributed by atoms with van der Waals surface area (Å²) in [4.78, 5) is 4.16. The lowest BCUT2D eigenvalue weighted by atomic mass is 9.98. The SMILES string of the molecule is C1=c2ccncc2=C2CNNC2C1. The largest absolute Gasteiger partial charge is 0.264 e. The van der Waals surface area contributed by atoms with Crippen molar-refractivity contribution in [3.63, 3.8) is 0 Å². The number of hydrogen-bond acceptors (Lipinski definition) is 3. The van der Waals surface area contributed by atoms with Crippen LogP contribution in [0.2, 0.25) is 0 Å². The van der Waals surface area contributed by atoms with Crippen molar-refractivity contribution in [2.75, 3.05) is 6.54 Å². The van der Waals surface area contributed by atoms with Crippen LogP contribution in [0.1, 0.15) is 6.42 Å². The summed E-state index contributed by atoms with van der Waals surface area (Å²) in [5.74, 6) is 0. The van der Waals surface area contributed by atoms with Crippen LogP contribution in [-0.4, -0.2) is 17.6 Å². The quantitative estimate of drug-likeness (QED) is 0.522. The maximum atomic E-state index is 4.16. The van der Waals surface area contributed by atoms with Gasteiger partial charge in [0.2, 0.25) is 0 Å². The fraction of sp³-hybridized carbons (Fsp3) is 0.300. The highest BCUT2D eigenvalue weighted by atomic mass is 15.4. The molecule has 2 aliphatic rings. The zero-order valence-corrected chi connectivity index (χ0v) is 7.25. The topological polar surface area (TPSA) is 37.0 Å². The molecule has 0 radical (unpaired) electrons. The Hall–Kier alpha value is -1.19. The molecule has 2 N–H and O–H groups in total. The van der Waals surface area contributed by atoms with Crippen molar-refractivity contribution in [1.82, 2.24) is 15.8 Å². The standard InChI is InChI=1S/C10H11N3/c1-2-10-9(6-12-13-10)8-5-11-4-3-7(1)8/h1,3-5,10,12-13H,2,6H2. The summed E-state index contributed by atoms with van der Waals surface area (Å²) in [6.45, 7) is 0.942. The van der Waals surface area contributed by atoms with Gasteiger partial charge in [0.05, 0.1) is 0 Å². The number of nitrogens with one attached hydrogen (secondary N) is 2. The second-order valence-electron chi connectivity index (χ2n) is 3.48. The summed E-state index contributed by atoms with van der Waals surface area (Å²) >= 11 is 0. The van der Waals surface area contributed by atoms with E-state index in [0.29, 0.717) is 6.04 Å². The van der Waals surface area contributed by atoms with E-state index >= 15 is 0 Å². The molecular formula is C10H11N3. The van der Waals surface area contributed by atoms with E-state index in [1.54, 1.807) is 0 Å². The number of nitrogens with zero attached hydrogens (tertiary/aromatic N) is 1. The smallest absolute Gasteiger partial charge is 0.0479 e. The third kappa shape index (κ3) is 1.01. The second kappa shape index (κ2) is 2.65. The number of pyridine rings is 1. The molecule has 0 spiro atoms. The third-order valence-corrected chi connectivity index (χ3v) is 2.75. The van der Waals surface area contributed by atoms with Crippen LogP contribution in [0.25, 0.3) is 11.6 Å². The summed E-state index contributed by atoms with van der Waals surface area (Å²) in [5.41, 5.74) is 7.87. The van der Waals surface area contributed by atoms with Crippen LogP contribution in [-0.2, 0) is 0 Å². The highest BCUT2D eigenvalue weighted by molar-refractivity contribution is 5.59. The van der Waals surface area contributed by atoms with Gasteiger partial charge in [-0.1, -0.05) is 6.08 Å². The summed E-state index contributed by atoms with van der Waals surface area (Å²) < 4.78 is 0. The molecule has 0 amide bonds. The fourth-order valence-corrected chi connectivity index (χ4v) is 2.06. The van der Waals surface area contributed by atoms with E-state index in [-0.39, 0.29) is 0 Å². The first-order valence-corrected chi connectivity index (χ1v) is 4.57. The summed E-state index contributed by atoms with van der Waals surface area (Å²) in [5, 5.41) is 2.63. The van der Waals surface area contributed by atoms with Crippen molar-refractivity contribution in [1.29, 1.82) is 0 Å². The monoisotopic (exact) mass is 173 g/mol. The molecule has 1 atom stereocenters. The van der Waals surface area contributed by atoms with Gasteiger partial charge < -0.3 is 0 Å². The molecule has 0 bridgehead atoms. The Balaban J connectivity index is 2.38. The van der Waals surface area contributed by atoms with Crippen molar-refractivity contribution >= 4 is 11.6 Å². The van der Waals surface area contributed by atoms with Gasteiger partial charge in [-0.15, -0.1) is 0 Å². The van der Waals surface area contributed by atoms with E-state index in [9.17, 15) is 0 Å². The van der Waals surface area contributed by atoms with E-state index in [1.807, 2.05) is 12.4 Å². The Morgan fingerprint density at radius 3 is 3.46 bits per heavy atom. The first-order valence-electron chi connectivity index (χ1n) is 4.57. The number of hydrazine groups is 1. The van der Waals surface area contributed by atoms with Gasteiger partial charge in [0, 0.05) is 30.2 Å². The summed E-state index contributed by atoms with van der Waals surface area (Å²) in [6, 6.07) is 2.56. The van der Waals surface area contributed by atoms with Crippen LogP contribution >= 0.6 is 0 Å². The van der Waals surface area contributed by atoms with E-state index in [2.05, 4.69) is 28.0 Å². The van der Waals surface area contributed by atoms with Gasteiger partial charge >= 0.3 is 0 Å². The molecule has 1 aromatic rings. The molecular weight excluding hydrogens is 162 g/mol. The molecule has 1 unspecified atom stereocenters. The molecule has 2 heterocycles. The lowest BCUT2D eigenvalue weighted by molar-refractivity contribution is 0.593. The predicted molar refractivity (Wildman–Crippen MR) is 50.9 cm³/mol. The minimum atomic E-state index is 0.483. The minimum Gasteiger partial charge on any atom is -0.264 e. The van der Waals surface area contributed by atoms with E-state index in [1.165, 1.54) is 16.0 Å². The van der Waals surface area contributed by atoms with E-state index in [0.717, 1.165) is 13.0 Å². The Kier molecular flexibility index (Phi) is 1.48. The van der Waals surface area contributed by atoms with Gasteiger partial charge in [0.1, 0.15) is 0 Å². The molecule has 1 aliphatic carbocycles. The van der Waals surface area contributed by atoms with Gasteiger partial charge in [-0.2, -0.15) is 0 Å². The van der Waals surface area contributed by atoms with Crippen molar-refractivity contribution in [3.05, 3.63) is 28.9 Å². The number of rotatable bonds is 0. The normalized spacial score (nSPS) is 24.9. The van der Waals surface area contributed by atoms with Gasteiger partial charge in [-0.25, -0.2) is 5.43 Å². The van der Waals surface area contributed by atoms with E-state index < -0.39 is 0 Å². The third-order valence-electron chi connectivity index (χ3n) is 2.75. The summed E-state index contributed by atoms with van der Waals surface area (Å²) in [7, 11) is 0. The number of hydrogen-bond donors (Lipinski definition) is 2. The zero-order valence-electron chi connectivity index (χ0n) is 7.25. The lowest BCUT2D eigenvalue weighted by Gasteiger charge is -2.12. The van der Waals surface area contributed by atoms with Gasteiger partial charge in [0.15, 0.2) is 0 Å². The maximum absolute atomic E-state index is 4.16. The second-order valence-corrected chi connectivity index (χ2v) is 3.48. The highest BCUT2D eigenvalue weighted by Gasteiger charge is 2.21. The van der Waals surface area contributed by atoms with Crippen molar-refractivity contribution in [3.8, 4) is 0 Å². The molecule has 3 rings (SSSR count). The predicted octanol–water partition coefficient (Wildman–Crippen LogP) is -1.11. The molecule has 1 saturated heterocycles. The zero-order chi connectivity index (χ0) is 8.67. The Morgan fingerprint density at radius 1 is 1.46 bits per heavy atom. The molecule has 1 aromatic heterocycles. The highest BCUT2D eigenvalue weighted by Crippen LogP contribution is 2.11. The molecule has 3 heteroatoms. The molecule has 66 valence electrons. The van der Waals surface area contributed by atoms with Crippen LogP contribution < -0.4 is 21.3 Å². The van der Waals surface area contributed by atoms with Crippen molar-refractivity contribution in [2.45, 2.75) is 12.5 Å². The summed E-state index contributed by atoms with van der Waals surface area (Å²) in [6.07, 6.45) is 7.17. The van der Waals surface area contributed by atoms with Crippen LogP contribution in [0.4, 0.5) is 0 Å². The Morgan fingerprint density at radius 2 is 2.46 bits per heavy atom. The first-order chi connectivity index (χ1) is 6.45. The maximum Gasteiger partial charge on any atom is 0.0479 e. The molecule has 3 nitrogen and oxygen atoms in total. The fourth-order valence-electron chi connectivity index (χ4n) is 2.06. The van der Waals surface area contributed by atoms with Gasteiger partial charge in [-0.3, -0.25) is 10.4 Å². The number of aromatic nitrogens is 1. The van der Waals surface area contributed by atoms with E-state index in [4.69, 9.17) is 0 Å². The molecule has 1 aliphatic heterocycles. The molecule has 1 fully saturated rings. The van der Waals surface area contributed by atoms with Gasteiger partial charge in [-0.05, 0) is 23.3 Å². The van der Waals surface area contributed by atoms with Gasteiger partial charge in [0.25, 0.3) is 0 Å². The van der Waals surface area contributed by atoms with Crippen LogP contribution in [0, 0.1) is 0 Å². The lowest BCUT2D eigenvalue weighted by Crippen LogP contribution is -2.37. The Bertz CT molecular complexity index is 449.